The van der Waals surface area contributed by atoms with Crippen molar-refractivity contribution in [2.75, 3.05) is 26.3 Å². The van der Waals surface area contributed by atoms with Gasteiger partial charge in [0.25, 0.3) is 0 Å². The monoisotopic (exact) mass is 299 g/mol. The van der Waals surface area contributed by atoms with E-state index < -0.39 is 6.51 Å². The van der Waals surface area contributed by atoms with Crippen molar-refractivity contribution in [3.8, 4) is 0 Å². The van der Waals surface area contributed by atoms with Crippen LogP contribution in [0.4, 0.5) is 0 Å². The van der Waals surface area contributed by atoms with Crippen molar-refractivity contribution in [1.29, 1.82) is 0 Å². The molecule has 11 saturated heterocycles. The topological polar surface area (TPSA) is 29.5 Å². The van der Waals surface area contributed by atoms with E-state index in [1.54, 1.807) is 0 Å². The zero-order valence-corrected chi connectivity index (χ0v) is 11.7. The molecule has 4 heteroatoms. The summed E-state index contributed by atoms with van der Waals surface area (Å²) in [6.07, 6.45) is 0. The average Bonchev–Trinajstić information content (AvgIpc) is 3.39. The molecule has 11 heterocycles. The molecule has 11 fully saturated rings. The number of fused-ring (bicyclic) bond motifs is 10. The standard InChI is InChI=1S/C10H12NO2.C5H5.Fe/c12-10(9-3-1-2-4-9)11-5-7-13-8-6-11;1-2-4-5-3-1;/h1-4H,5-8H2;1-5H;. The number of carbonyl (C=O) groups is 1. The zero-order valence-electron chi connectivity index (χ0n) is 10.6. The molecule has 4 unspecified atom stereocenters. The van der Waals surface area contributed by atoms with E-state index in [0.717, 1.165) is 35.9 Å². The van der Waals surface area contributed by atoms with E-state index in [4.69, 9.17) is 4.74 Å². The predicted molar refractivity (Wildman–Crippen MR) is 63.8 cm³/mol. The molecule has 0 aliphatic carbocycles. The molecule has 11 rings (SSSR count). The SMILES string of the molecule is O=C(N1CCOCC1)[C]12[CH]3[CH]4[CH]5[CH]1[Fe]45321678[CH]2[CH]1[CH]6[CH]7[CH]28. The Morgan fingerprint density at radius 2 is 1.47 bits per heavy atom. The summed E-state index contributed by atoms with van der Waals surface area (Å²) in [6, 6.07) is 0. The molecular weight excluding hydrogens is 282 g/mol. The average molecular weight is 299 g/mol. The minimum atomic E-state index is -3.17. The van der Waals surface area contributed by atoms with Gasteiger partial charge in [0, 0.05) is 0 Å². The molecule has 1 spiro atoms. The van der Waals surface area contributed by atoms with Crippen LogP contribution in [0.2, 0.25) is 47.7 Å². The van der Waals surface area contributed by atoms with Crippen LogP contribution >= 0.6 is 0 Å². The van der Waals surface area contributed by atoms with Crippen molar-refractivity contribution < 1.29 is 16.0 Å². The van der Waals surface area contributed by atoms with E-state index in [9.17, 15) is 4.79 Å². The normalized spacial score (nSPS) is 113. The molecule has 3 nitrogen and oxygen atoms in total. The van der Waals surface area contributed by atoms with Gasteiger partial charge < -0.3 is 0 Å². The molecular formula is C15H17FeNO2. The number of rotatable bonds is 1. The first-order valence-corrected chi connectivity index (χ1v) is 14.4. The molecule has 0 saturated carbocycles. The van der Waals surface area contributed by atoms with Crippen LogP contribution in [0.5, 0.6) is 0 Å². The van der Waals surface area contributed by atoms with Gasteiger partial charge in [0.2, 0.25) is 0 Å². The summed E-state index contributed by atoms with van der Waals surface area (Å²) in [5.41, 5.74) is 0. The number of amides is 1. The van der Waals surface area contributed by atoms with Crippen molar-refractivity contribution in [3.05, 3.63) is 0 Å². The summed E-state index contributed by atoms with van der Waals surface area (Å²) in [7, 11) is 0. The second-order valence-corrected chi connectivity index (χ2v) is 35.1. The van der Waals surface area contributed by atoms with Gasteiger partial charge in [-0.2, -0.15) is 0 Å². The van der Waals surface area contributed by atoms with Gasteiger partial charge in [-0.25, -0.2) is 0 Å². The third-order valence-electron chi connectivity index (χ3n) is 16.3. The quantitative estimate of drug-likeness (QED) is 0.697. The summed E-state index contributed by atoms with van der Waals surface area (Å²) < 4.78 is 5.91. The molecule has 1 amide bonds. The van der Waals surface area contributed by atoms with E-state index in [1.807, 2.05) is 0 Å². The Morgan fingerprint density at radius 1 is 0.947 bits per heavy atom. The first-order valence-electron chi connectivity index (χ1n) is 8.15. The van der Waals surface area contributed by atoms with Gasteiger partial charge in [-0.15, -0.1) is 0 Å². The summed E-state index contributed by atoms with van der Waals surface area (Å²) in [6.45, 7) is 0.213. The number of nitrogens with zero attached hydrogens (tertiary/aromatic N) is 1. The van der Waals surface area contributed by atoms with Crippen molar-refractivity contribution in [2.45, 2.75) is 47.7 Å². The number of hydrogen-bond acceptors (Lipinski definition) is 2. The van der Waals surface area contributed by atoms with Gasteiger partial charge >= 0.3 is 101 Å². The van der Waals surface area contributed by atoms with Crippen LogP contribution in [-0.4, -0.2) is 37.1 Å². The third-order valence-corrected chi connectivity index (χ3v) is 58.6. The van der Waals surface area contributed by atoms with E-state index >= 15 is 0 Å². The zero-order chi connectivity index (χ0) is 11.7. The Labute approximate surface area is 101 Å². The van der Waals surface area contributed by atoms with E-state index in [2.05, 4.69) is 4.90 Å². The summed E-state index contributed by atoms with van der Waals surface area (Å²) in [4.78, 5) is 26.9. The van der Waals surface area contributed by atoms with E-state index in [1.165, 1.54) is 33.7 Å². The molecule has 4 atom stereocenters. The molecule has 0 aromatic carbocycles. The van der Waals surface area contributed by atoms with Crippen LogP contribution in [0.25, 0.3) is 0 Å². The molecule has 0 radical (unpaired) electrons. The summed E-state index contributed by atoms with van der Waals surface area (Å²) in [5.74, 6) is 0.710. The number of hydrogen-bond donors (Lipinski definition) is 0. The second-order valence-electron chi connectivity index (χ2n) is 11.6. The molecule has 19 heavy (non-hydrogen) atoms. The van der Waals surface area contributed by atoms with Crippen LogP contribution in [-0.2, 0) is 16.0 Å². The van der Waals surface area contributed by atoms with Crippen LogP contribution in [0.1, 0.15) is 0 Å². The summed E-state index contributed by atoms with van der Waals surface area (Å²) in [5, 5.41) is 0. The third kappa shape index (κ3) is 0.0856. The van der Waals surface area contributed by atoms with Crippen molar-refractivity contribution in [1.82, 2.24) is 4.90 Å². The summed E-state index contributed by atoms with van der Waals surface area (Å²) >= 11 is 0. The van der Waals surface area contributed by atoms with Gasteiger partial charge in [0.05, 0.1) is 0 Å². The number of ether oxygens (including phenoxy) is 1. The van der Waals surface area contributed by atoms with Crippen LogP contribution in [0.15, 0.2) is 0 Å². The van der Waals surface area contributed by atoms with Crippen LogP contribution in [0, 0.1) is 0 Å². The van der Waals surface area contributed by atoms with Gasteiger partial charge in [0.15, 0.2) is 0 Å². The fraction of sp³-hybridized carbons (Fsp3) is 0.933. The minimum absolute atomic E-state index is 0.441. The maximum atomic E-state index is 13.5. The van der Waals surface area contributed by atoms with Gasteiger partial charge in [-0.3, -0.25) is 0 Å². The predicted octanol–water partition coefficient (Wildman–Crippen LogP) is 2.60. The maximum absolute atomic E-state index is 13.5. The second kappa shape index (κ2) is 0.652. The Hall–Kier alpha value is -0.0505. The van der Waals surface area contributed by atoms with E-state index in [-0.39, 0.29) is 0 Å². The van der Waals surface area contributed by atoms with Crippen LogP contribution < -0.4 is 0 Å². The Balaban J connectivity index is 1.35. The van der Waals surface area contributed by atoms with E-state index in [0.29, 0.717) is 10.2 Å². The van der Waals surface area contributed by atoms with Crippen molar-refractivity contribution >= 4 is 5.91 Å². The Bertz CT molecular complexity index is 975. The van der Waals surface area contributed by atoms with Gasteiger partial charge in [-0.1, -0.05) is 0 Å². The number of morpholine rings is 1. The molecule has 102 valence electrons. The molecule has 0 aromatic rings. The molecule has 0 bridgehead atoms. The molecule has 11 aliphatic heterocycles. The molecule has 11 aliphatic rings. The Morgan fingerprint density at radius 3 is 1.84 bits per heavy atom. The van der Waals surface area contributed by atoms with Crippen LogP contribution in [0.3, 0.4) is 0 Å². The molecule has 0 N–H and O–H groups in total. The van der Waals surface area contributed by atoms with Crippen molar-refractivity contribution in [3.63, 3.8) is 0 Å². The molecule has 0 aromatic heterocycles. The fourth-order valence-corrected chi connectivity index (χ4v) is 91.5. The number of carbonyl (C=O) groups excluding carboxylic acids is 1. The Kier molecular flexibility index (Phi) is 0.250. The first kappa shape index (κ1) is 7.28. The first-order chi connectivity index (χ1) is 9.06. The van der Waals surface area contributed by atoms with Gasteiger partial charge in [-0.05, 0) is 0 Å². The van der Waals surface area contributed by atoms with Crippen molar-refractivity contribution in [2.24, 2.45) is 0 Å². The van der Waals surface area contributed by atoms with Gasteiger partial charge in [0.1, 0.15) is 0 Å². The fourth-order valence-electron chi connectivity index (χ4n) is 17.8.